The summed E-state index contributed by atoms with van der Waals surface area (Å²) in [5.41, 5.74) is 5.98. The van der Waals surface area contributed by atoms with Gasteiger partial charge in [0.2, 0.25) is 0 Å². The number of sulfonamides is 1. The number of nitrogens with zero attached hydrogens (tertiary/aromatic N) is 2. The van der Waals surface area contributed by atoms with Gasteiger partial charge in [-0.1, -0.05) is 6.92 Å². The Kier molecular flexibility index (Phi) is 5.27. The Morgan fingerprint density at radius 2 is 2.28 bits per heavy atom. The van der Waals surface area contributed by atoms with Crippen molar-refractivity contribution in [3.05, 3.63) is 11.8 Å². The van der Waals surface area contributed by atoms with Gasteiger partial charge in [-0.05, 0) is 6.92 Å². The van der Waals surface area contributed by atoms with Crippen LogP contribution in [0.15, 0.2) is 11.2 Å². The van der Waals surface area contributed by atoms with Crippen molar-refractivity contribution in [1.82, 2.24) is 14.5 Å². The van der Waals surface area contributed by atoms with Gasteiger partial charge in [0.25, 0.3) is 10.0 Å². The highest BCUT2D eigenvalue weighted by Gasteiger charge is 2.30. The molecule has 0 fully saturated rings. The molecule has 1 rings (SSSR count). The summed E-state index contributed by atoms with van der Waals surface area (Å²) < 4.78 is 31.3. The first-order chi connectivity index (χ1) is 8.48. The smallest absolute Gasteiger partial charge is 0.260 e. The van der Waals surface area contributed by atoms with Gasteiger partial charge in [0.15, 0.2) is 5.03 Å². The lowest BCUT2D eigenvalue weighted by molar-refractivity contribution is 0.142. The normalized spacial score (nSPS) is 14.1. The average Bonchev–Trinajstić information content (AvgIpc) is 2.78. The molecule has 0 bridgehead atoms. The van der Waals surface area contributed by atoms with Gasteiger partial charge in [-0.2, -0.15) is 9.40 Å². The molecule has 0 radical (unpaired) electrons. The second-order valence-corrected chi connectivity index (χ2v) is 5.77. The molecule has 0 aromatic carbocycles. The number of rotatable bonds is 7. The summed E-state index contributed by atoms with van der Waals surface area (Å²) in [6.45, 7) is 4.39. The van der Waals surface area contributed by atoms with Crippen LogP contribution in [-0.4, -0.2) is 49.2 Å². The zero-order valence-electron chi connectivity index (χ0n) is 10.9. The van der Waals surface area contributed by atoms with Crippen molar-refractivity contribution < 1.29 is 13.2 Å². The standard InChI is InChI=1S/C10H20N4O3S/c1-4-14(8(2)7-17-3)18(15,16)10-9(5-11)6-12-13-10/h6,8H,4-5,7,11H2,1-3H3,(H,12,13). The van der Waals surface area contributed by atoms with E-state index in [9.17, 15) is 8.42 Å². The molecule has 1 aromatic heterocycles. The van der Waals surface area contributed by atoms with Crippen LogP contribution >= 0.6 is 0 Å². The molecular formula is C10H20N4O3S. The third-order valence-electron chi connectivity index (χ3n) is 2.68. The van der Waals surface area contributed by atoms with Crippen LogP contribution < -0.4 is 5.73 Å². The van der Waals surface area contributed by atoms with Gasteiger partial charge < -0.3 is 10.5 Å². The molecule has 18 heavy (non-hydrogen) atoms. The minimum Gasteiger partial charge on any atom is -0.383 e. The maximum atomic E-state index is 12.5. The number of hydrogen-bond donors (Lipinski definition) is 2. The number of aromatic nitrogens is 2. The molecule has 0 saturated carbocycles. The van der Waals surface area contributed by atoms with Crippen molar-refractivity contribution in [2.45, 2.75) is 31.5 Å². The highest BCUT2D eigenvalue weighted by molar-refractivity contribution is 7.89. The number of nitrogens with two attached hydrogens (primary N) is 1. The molecule has 0 spiro atoms. The lowest BCUT2D eigenvalue weighted by Gasteiger charge is -2.26. The van der Waals surface area contributed by atoms with Gasteiger partial charge in [0, 0.05) is 31.8 Å². The van der Waals surface area contributed by atoms with Crippen LogP contribution in [0.25, 0.3) is 0 Å². The van der Waals surface area contributed by atoms with E-state index in [1.165, 1.54) is 10.5 Å². The molecule has 1 unspecified atom stereocenters. The van der Waals surface area contributed by atoms with E-state index in [0.29, 0.717) is 18.7 Å². The molecule has 7 nitrogen and oxygen atoms in total. The third kappa shape index (κ3) is 2.89. The predicted molar refractivity (Wildman–Crippen MR) is 67.4 cm³/mol. The molecule has 3 N–H and O–H groups in total. The first-order valence-corrected chi connectivity index (χ1v) is 7.16. The van der Waals surface area contributed by atoms with Crippen molar-refractivity contribution in [1.29, 1.82) is 0 Å². The van der Waals surface area contributed by atoms with Crippen LogP contribution in [0.4, 0.5) is 0 Å². The Hall–Kier alpha value is -0.960. The summed E-state index contributed by atoms with van der Waals surface area (Å²) in [5.74, 6) is 0. The fraction of sp³-hybridized carbons (Fsp3) is 0.700. The van der Waals surface area contributed by atoms with Crippen molar-refractivity contribution in [3.63, 3.8) is 0 Å². The average molecular weight is 276 g/mol. The molecule has 1 atom stereocenters. The van der Waals surface area contributed by atoms with Crippen LogP contribution in [0, 0.1) is 0 Å². The minimum atomic E-state index is -3.62. The van der Waals surface area contributed by atoms with Gasteiger partial charge in [-0.3, -0.25) is 5.10 Å². The van der Waals surface area contributed by atoms with Crippen LogP contribution in [-0.2, 0) is 21.3 Å². The summed E-state index contributed by atoms with van der Waals surface area (Å²) in [4.78, 5) is 0. The molecule has 104 valence electrons. The van der Waals surface area contributed by atoms with E-state index in [-0.39, 0.29) is 17.6 Å². The molecule has 0 amide bonds. The number of methoxy groups -OCH3 is 1. The summed E-state index contributed by atoms with van der Waals surface area (Å²) in [6.07, 6.45) is 1.43. The molecule has 1 heterocycles. The van der Waals surface area contributed by atoms with E-state index in [1.54, 1.807) is 21.0 Å². The van der Waals surface area contributed by atoms with E-state index in [0.717, 1.165) is 0 Å². The van der Waals surface area contributed by atoms with Gasteiger partial charge in [0.05, 0.1) is 12.8 Å². The Morgan fingerprint density at radius 1 is 1.61 bits per heavy atom. The Labute approximate surface area is 107 Å². The summed E-state index contributed by atoms with van der Waals surface area (Å²) >= 11 is 0. The van der Waals surface area contributed by atoms with E-state index in [1.807, 2.05) is 0 Å². The Balaban J connectivity index is 3.11. The number of hydrogen-bond acceptors (Lipinski definition) is 5. The minimum absolute atomic E-state index is 0.0646. The first kappa shape index (κ1) is 15.1. The highest BCUT2D eigenvalue weighted by atomic mass is 32.2. The number of aromatic amines is 1. The number of nitrogens with one attached hydrogen (secondary N) is 1. The zero-order valence-corrected chi connectivity index (χ0v) is 11.7. The molecule has 8 heteroatoms. The Morgan fingerprint density at radius 3 is 2.78 bits per heavy atom. The van der Waals surface area contributed by atoms with E-state index in [2.05, 4.69) is 10.2 Å². The largest absolute Gasteiger partial charge is 0.383 e. The van der Waals surface area contributed by atoms with Crippen LogP contribution in [0.2, 0.25) is 0 Å². The van der Waals surface area contributed by atoms with Gasteiger partial charge >= 0.3 is 0 Å². The number of ether oxygens (including phenoxy) is 1. The molecule has 0 aliphatic rings. The molecule has 0 saturated heterocycles. The lowest BCUT2D eigenvalue weighted by atomic mass is 10.4. The second-order valence-electron chi connectivity index (χ2n) is 3.94. The van der Waals surface area contributed by atoms with E-state index in [4.69, 9.17) is 10.5 Å². The fourth-order valence-electron chi connectivity index (χ4n) is 1.83. The lowest BCUT2D eigenvalue weighted by Crippen LogP contribution is -2.41. The molecule has 0 aliphatic carbocycles. The van der Waals surface area contributed by atoms with Crippen molar-refractivity contribution in [2.75, 3.05) is 20.3 Å². The second kappa shape index (κ2) is 6.28. The maximum absolute atomic E-state index is 12.5. The zero-order chi connectivity index (χ0) is 13.8. The Bertz CT molecular complexity index is 471. The number of H-pyrrole nitrogens is 1. The van der Waals surface area contributed by atoms with Crippen LogP contribution in [0.5, 0.6) is 0 Å². The quantitative estimate of drug-likeness (QED) is 0.725. The van der Waals surface area contributed by atoms with Gasteiger partial charge in [0.1, 0.15) is 0 Å². The van der Waals surface area contributed by atoms with E-state index >= 15 is 0 Å². The highest BCUT2D eigenvalue weighted by Crippen LogP contribution is 2.19. The van der Waals surface area contributed by atoms with Crippen LogP contribution in [0.3, 0.4) is 0 Å². The summed E-state index contributed by atoms with van der Waals surface area (Å²) in [6, 6.07) is -0.251. The van der Waals surface area contributed by atoms with Crippen molar-refractivity contribution >= 4 is 10.0 Å². The fourth-order valence-corrected chi connectivity index (χ4v) is 3.57. The predicted octanol–water partition coefficient (Wildman–Crippen LogP) is -0.0861. The molecule has 0 aliphatic heterocycles. The van der Waals surface area contributed by atoms with Crippen molar-refractivity contribution in [3.8, 4) is 0 Å². The van der Waals surface area contributed by atoms with Crippen molar-refractivity contribution in [2.24, 2.45) is 5.73 Å². The van der Waals surface area contributed by atoms with Crippen LogP contribution in [0.1, 0.15) is 19.4 Å². The monoisotopic (exact) mass is 276 g/mol. The molecule has 1 aromatic rings. The third-order valence-corrected chi connectivity index (χ3v) is 4.78. The van der Waals surface area contributed by atoms with E-state index < -0.39 is 10.0 Å². The number of likely N-dealkylation sites (N-methyl/N-ethyl adjacent to an activating group) is 1. The summed E-state index contributed by atoms with van der Waals surface area (Å²) in [5, 5.41) is 6.31. The topological polar surface area (TPSA) is 101 Å². The van der Waals surface area contributed by atoms with Gasteiger partial charge in [-0.15, -0.1) is 0 Å². The van der Waals surface area contributed by atoms with Gasteiger partial charge in [-0.25, -0.2) is 8.42 Å². The molecular weight excluding hydrogens is 256 g/mol. The first-order valence-electron chi connectivity index (χ1n) is 5.72. The maximum Gasteiger partial charge on any atom is 0.260 e. The SMILES string of the molecule is CCN(C(C)COC)S(=O)(=O)c1[nH]ncc1CN. The summed E-state index contributed by atoms with van der Waals surface area (Å²) in [7, 11) is -2.08.